The lowest BCUT2D eigenvalue weighted by Crippen LogP contribution is -2.36. The van der Waals surface area contributed by atoms with Gasteiger partial charge in [-0.25, -0.2) is 4.99 Å². The Morgan fingerprint density at radius 3 is 2.17 bits per heavy atom. The number of ether oxygens (including phenoxy) is 3. The second kappa shape index (κ2) is 13.4. The van der Waals surface area contributed by atoms with Gasteiger partial charge in [-0.3, -0.25) is 4.79 Å². The third kappa shape index (κ3) is 7.73. The SMILES string of the molecule is COc1cc(NC(=NCC(=O)N(C)C)NCC2CCCCC2)cc(OC)c1OC.I. The molecule has 1 aliphatic carbocycles. The molecule has 1 amide bonds. The highest BCUT2D eigenvalue weighted by Crippen LogP contribution is 2.39. The van der Waals surface area contributed by atoms with Crippen LogP contribution in [0.25, 0.3) is 0 Å². The molecule has 0 radical (unpaired) electrons. The molecule has 0 atom stereocenters. The Morgan fingerprint density at radius 2 is 1.67 bits per heavy atom. The molecule has 1 saturated carbocycles. The van der Waals surface area contributed by atoms with Gasteiger partial charge in [-0.15, -0.1) is 24.0 Å². The molecule has 170 valence electrons. The first-order chi connectivity index (χ1) is 14.0. The fourth-order valence-corrected chi connectivity index (χ4v) is 3.35. The number of anilines is 1. The maximum Gasteiger partial charge on any atom is 0.243 e. The summed E-state index contributed by atoms with van der Waals surface area (Å²) in [5, 5.41) is 6.66. The highest BCUT2D eigenvalue weighted by Gasteiger charge is 2.16. The fraction of sp³-hybridized carbons (Fsp3) is 0.619. The molecular weight excluding hydrogens is 499 g/mol. The minimum atomic E-state index is -0.0614. The van der Waals surface area contributed by atoms with Crippen LogP contribution in [0.15, 0.2) is 17.1 Å². The first-order valence-electron chi connectivity index (χ1n) is 10.0. The van der Waals surface area contributed by atoms with Gasteiger partial charge < -0.3 is 29.7 Å². The zero-order chi connectivity index (χ0) is 21.2. The summed E-state index contributed by atoms with van der Waals surface area (Å²) >= 11 is 0. The van der Waals surface area contributed by atoms with Gasteiger partial charge in [-0.1, -0.05) is 19.3 Å². The van der Waals surface area contributed by atoms with E-state index in [1.165, 1.54) is 37.0 Å². The Kier molecular flexibility index (Phi) is 11.7. The number of amides is 1. The number of halogens is 1. The summed E-state index contributed by atoms with van der Waals surface area (Å²) in [6.45, 7) is 0.893. The molecule has 2 N–H and O–H groups in total. The monoisotopic (exact) mass is 534 g/mol. The van der Waals surface area contributed by atoms with E-state index < -0.39 is 0 Å². The van der Waals surface area contributed by atoms with E-state index in [4.69, 9.17) is 14.2 Å². The Balaban J connectivity index is 0.00000450. The standard InChI is InChI=1S/C21H34N4O4.HI/c1-25(2)19(26)14-23-21(22-13-15-9-7-6-8-10-15)24-16-11-17(27-3)20(29-5)18(12-16)28-4;/h11-12,15H,6-10,13-14H2,1-5H3,(H2,22,23,24);1H. The van der Waals surface area contributed by atoms with E-state index >= 15 is 0 Å². The number of nitrogens with one attached hydrogen (secondary N) is 2. The number of methoxy groups -OCH3 is 3. The number of carbonyl (C=O) groups is 1. The van der Waals surface area contributed by atoms with Gasteiger partial charge in [-0.2, -0.15) is 0 Å². The predicted octanol–water partition coefficient (Wildman–Crippen LogP) is 3.36. The van der Waals surface area contributed by atoms with Crippen molar-refractivity contribution in [2.45, 2.75) is 32.1 Å². The molecule has 1 aromatic rings. The summed E-state index contributed by atoms with van der Waals surface area (Å²) in [6, 6.07) is 3.62. The van der Waals surface area contributed by atoms with Crippen LogP contribution in [0.5, 0.6) is 17.2 Å². The number of carbonyl (C=O) groups excluding carboxylic acids is 1. The minimum Gasteiger partial charge on any atom is -0.493 e. The molecule has 30 heavy (non-hydrogen) atoms. The molecule has 2 rings (SSSR count). The largest absolute Gasteiger partial charge is 0.493 e. The molecule has 1 fully saturated rings. The lowest BCUT2D eigenvalue weighted by Gasteiger charge is -2.23. The molecule has 0 heterocycles. The molecular formula is C21H35IN4O4. The zero-order valence-electron chi connectivity index (χ0n) is 18.6. The van der Waals surface area contributed by atoms with Crippen LogP contribution in [0.3, 0.4) is 0 Å². The van der Waals surface area contributed by atoms with Gasteiger partial charge in [0.25, 0.3) is 0 Å². The second-order valence-electron chi connectivity index (χ2n) is 7.38. The summed E-state index contributed by atoms with van der Waals surface area (Å²) < 4.78 is 16.2. The van der Waals surface area contributed by atoms with Gasteiger partial charge in [0.2, 0.25) is 11.7 Å². The topological polar surface area (TPSA) is 84.4 Å². The van der Waals surface area contributed by atoms with Crippen LogP contribution < -0.4 is 24.8 Å². The van der Waals surface area contributed by atoms with Crippen molar-refractivity contribution in [3.05, 3.63) is 12.1 Å². The summed E-state index contributed by atoms with van der Waals surface area (Å²) in [5.41, 5.74) is 0.728. The molecule has 1 aliphatic rings. The maximum atomic E-state index is 12.0. The lowest BCUT2D eigenvalue weighted by molar-refractivity contribution is -0.127. The first-order valence-corrected chi connectivity index (χ1v) is 10.0. The second-order valence-corrected chi connectivity index (χ2v) is 7.38. The third-order valence-corrected chi connectivity index (χ3v) is 5.08. The van der Waals surface area contributed by atoms with Gasteiger partial charge >= 0.3 is 0 Å². The van der Waals surface area contributed by atoms with Gasteiger partial charge in [0, 0.05) is 38.5 Å². The van der Waals surface area contributed by atoms with E-state index in [0.717, 1.165) is 12.2 Å². The Bertz CT molecular complexity index is 681. The highest BCUT2D eigenvalue weighted by atomic mass is 127. The van der Waals surface area contributed by atoms with E-state index in [9.17, 15) is 4.79 Å². The minimum absolute atomic E-state index is 0. The van der Waals surface area contributed by atoms with Crippen LogP contribution in [0.4, 0.5) is 5.69 Å². The lowest BCUT2D eigenvalue weighted by atomic mass is 9.89. The number of likely N-dealkylation sites (N-methyl/N-ethyl adjacent to an activating group) is 1. The van der Waals surface area contributed by atoms with E-state index in [0.29, 0.717) is 29.1 Å². The molecule has 0 aromatic heterocycles. The van der Waals surface area contributed by atoms with Gasteiger partial charge in [0.05, 0.1) is 21.3 Å². The van der Waals surface area contributed by atoms with Crippen molar-refractivity contribution in [1.29, 1.82) is 0 Å². The van der Waals surface area contributed by atoms with Crippen LogP contribution in [-0.4, -0.2) is 65.3 Å². The smallest absolute Gasteiger partial charge is 0.243 e. The third-order valence-electron chi connectivity index (χ3n) is 5.08. The number of aliphatic imine (C=N–C) groups is 1. The Hall–Kier alpha value is -1.91. The molecule has 0 bridgehead atoms. The van der Waals surface area contributed by atoms with Crippen molar-refractivity contribution >= 4 is 41.5 Å². The summed E-state index contributed by atoms with van der Waals surface area (Å²) in [6.07, 6.45) is 6.32. The van der Waals surface area contributed by atoms with Crippen molar-refractivity contribution < 1.29 is 19.0 Å². The van der Waals surface area contributed by atoms with E-state index in [2.05, 4.69) is 15.6 Å². The van der Waals surface area contributed by atoms with Gasteiger partial charge in [0.1, 0.15) is 6.54 Å². The van der Waals surface area contributed by atoms with E-state index in [-0.39, 0.29) is 36.4 Å². The van der Waals surface area contributed by atoms with Crippen LogP contribution in [-0.2, 0) is 4.79 Å². The van der Waals surface area contributed by atoms with Gasteiger partial charge in [0.15, 0.2) is 17.5 Å². The van der Waals surface area contributed by atoms with Crippen LogP contribution in [0, 0.1) is 5.92 Å². The molecule has 0 saturated heterocycles. The molecule has 0 spiro atoms. The van der Waals surface area contributed by atoms with E-state index in [1.54, 1.807) is 35.4 Å². The van der Waals surface area contributed by atoms with Gasteiger partial charge in [-0.05, 0) is 18.8 Å². The number of benzene rings is 1. The van der Waals surface area contributed by atoms with Crippen molar-refractivity contribution in [2.75, 3.05) is 53.8 Å². The molecule has 8 nitrogen and oxygen atoms in total. The number of hydrogen-bond acceptors (Lipinski definition) is 5. The summed E-state index contributed by atoms with van der Waals surface area (Å²) in [4.78, 5) is 18.0. The molecule has 9 heteroatoms. The maximum absolute atomic E-state index is 12.0. The summed E-state index contributed by atoms with van der Waals surface area (Å²) in [5.74, 6) is 2.74. The van der Waals surface area contributed by atoms with Crippen LogP contribution in [0.2, 0.25) is 0 Å². The number of nitrogens with zero attached hydrogens (tertiary/aromatic N) is 2. The summed E-state index contributed by atoms with van der Waals surface area (Å²) in [7, 11) is 8.17. The number of hydrogen-bond donors (Lipinski definition) is 2. The Labute approximate surface area is 196 Å². The number of rotatable bonds is 8. The Morgan fingerprint density at radius 1 is 1.07 bits per heavy atom. The predicted molar refractivity (Wildman–Crippen MR) is 131 cm³/mol. The molecule has 0 unspecified atom stereocenters. The fourth-order valence-electron chi connectivity index (χ4n) is 3.35. The van der Waals surface area contributed by atoms with Crippen molar-refractivity contribution in [2.24, 2.45) is 10.9 Å². The highest BCUT2D eigenvalue weighted by molar-refractivity contribution is 14.0. The van der Waals surface area contributed by atoms with Crippen molar-refractivity contribution in [3.63, 3.8) is 0 Å². The first kappa shape index (κ1) is 26.1. The normalized spacial score (nSPS) is 14.4. The molecule has 1 aromatic carbocycles. The van der Waals surface area contributed by atoms with Crippen molar-refractivity contribution in [1.82, 2.24) is 10.2 Å². The average molecular weight is 534 g/mol. The molecule has 0 aliphatic heterocycles. The zero-order valence-corrected chi connectivity index (χ0v) is 20.9. The number of guanidine groups is 1. The van der Waals surface area contributed by atoms with Crippen molar-refractivity contribution in [3.8, 4) is 17.2 Å². The van der Waals surface area contributed by atoms with E-state index in [1.807, 2.05) is 12.1 Å². The van der Waals surface area contributed by atoms with Crippen LogP contribution in [0.1, 0.15) is 32.1 Å². The average Bonchev–Trinajstić information content (AvgIpc) is 2.75. The van der Waals surface area contributed by atoms with Crippen LogP contribution >= 0.6 is 24.0 Å². The quantitative estimate of drug-likeness (QED) is 0.303.